The van der Waals surface area contributed by atoms with E-state index >= 15 is 0 Å². The normalized spacial score (nSPS) is 11.7. The van der Waals surface area contributed by atoms with Gasteiger partial charge in [-0.15, -0.1) is 27.7 Å². The van der Waals surface area contributed by atoms with E-state index in [2.05, 4.69) is 130 Å². The molecule has 3 aromatic heterocycles. The Hall–Kier alpha value is -5.33. The van der Waals surface area contributed by atoms with Gasteiger partial charge in [0.15, 0.2) is 17.5 Å². The molecule has 0 saturated carbocycles. The number of benzene rings is 6. The number of hydrogen-bond donors (Lipinski definition) is 0. The van der Waals surface area contributed by atoms with E-state index in [0.29, 0.717) is 17.5 Å². The third-order valence-corrected chi connectivity index (χ3v) is 11.6. The molecule has 6 aromatic carbocycles. The Bertz CT molecular complexity index is 2770. The van der Waals surface area contributed by atoms with Crippen molar-refractivity contribution in [3.05, 3.63) is 109 Å². The predicted molar refractivity (Wildman–Crippen MR) is 223 cm³/mol. The topological polar surface area (TPSA) is 51.8 Å². The largest absolute Gasteiger partial charge is 0.455 e. The summed E-state index contributed by atoms with van der Waals surface area (Å²) in [7, 11) is 10.9. The fraction of sp³-hybridized carbons (Fsp3) is 0. The molecule has 4 nitrogen and oxygen atoms in total. The molecule has 0 fully saturated rings. The second kappa shape index (κ2) is 11.4. The molecular weight excluding hydrogens is 613 g/mol. The van der Waals surface area contributed by atoms with Gasteiger partial charge in [0, 0.05) is 58.8 Å². The molecule has 0 aliphatic carbocycles. The maximum Gasteiger partial charge on any atom is 0.164 e. The van der Waals surface area contributed by atoms with Crippen LogP contribution in [0.4, 0.5) is 0 Å². The molecule has 0 atom stereocenters. The quantitative estimate of drug-likeness (QED) is 0.277. The number of furan rings is 1. The Morgan fingerprint density at radius 1 is 0.469 bits per heavy atom. The number of fused-ring (bicyclic) bond motifs is 6. The van der Waals surface area contributed by atoms with Crippen LogP contribution in [0.15, 0.2) is 114 Å². The van der Waals surface area contributed by atoms with E-state index in [1.165, 1.54) is 53.0 Å². The first-order valence-electron chi connectivity index (χ1n) is 16.6. The summed E-state index contributed by atoms with van der Waals surface area (Å²) in [6.45, 7) is 0. The number of hydrogen-bond acceptors (Lipinski definition) is 5. The Labute approximate surface area is 292 Å². The zero-order chi connectivity index (χ0) is 33.4. The third-order valence-electron chi connectivity index (χ3n) is 10.3. The van der Waals surface area contributed by atoms with Gasteiger partial charge in [-0.05, 0) is 24.3 Å². The fourth-order valence-electron chi connectivity index (χ4n) is 7.28. The average Bonchev–Trinajstić information content (AvgIpc) is 3.72. The minimum absolute atomic E-state index is 0.640. The van der Waals surface area contributed by atoms with Gasteiger partial charge in [-0.25, -0.2) is 15.0 Å². The number of para-hydroxylation sites is 1. The van der Waals surface area contributed by atoms with Crippen LogP contribution in [0.3, 0.4) is 0 Å². The summed E-state index contributed by atoms with van der Waals surface area (Å²) in [4.78, 5) is 15.3. The average molecular weight is 641 g/mol. The van der Waals surface area contributed by atoms with Crippen molar-refractivity contribution >= 4 is 120 Å². The first-order valence-corrected chi connectivity index (χ1v) is 17.4. The zero-order valence-electron chi connectivity index (χ0n) is 28.1. The highest BCUT2D eigenvalue weighted by Gasteiger charge is 2.20. The molecule has 0 aliphatic heterocycles. The number of aromatic nitrogens is 3. The Balaban J connectivity index is 1.25. The number of thiophene rings is 1. The summed E-state index contributed by atoms with van der Waals surface area (Å²) >= 11 is 1.84. The minimum atomic E-state index is 0.640. The van der Waals surface area contributed by atoms with Gasteiger partial charge in [0.1, 0.15) is 50.4 Å². The van der Waals surface area contributed by atoms with E-state index in [4.69, 9.17) is 19.4 Å². The second-order valence-corrected chi connectivity index (χ2v) is 14.0. The number of rotatable bonds is 4. The smallest absolute Gasteiger partial charge is 0.164 e. The maximum absolute atomic E-state index is 6.66. The van der Waals surface area contributed by atoms with E-state index in [1.807, 2.05) is 29.5 Å². The highest BCUT2D eigenvalue weighted by atomic mass is 32.1. The molecule has 0 amide bonds. The molecule has 9 aromatic rings. The summed E-state index contributed by atoms with van der Waals surface area (Å²) < 4.78 is 9.22. The van der Waals surface area contributed by atoms with Gasteiger partial charge >= 0.3 is 0 Å². The Kier molecular flexibility index (Phi) is 6.92. The molecule has 0 aliphatic rings. The highest BCUT2D eigenvalue weighted by molar-refractivity contribution is 7.26. The van der Waals surface area contributed by atoms with Crippen molar-refractivity contribution < 1.29 is 4.42 Å². The van der Waals surface area contributed by atoms with E-state index in [9.17, 15) is 0 Å². The Morgan fingerprint density at radius 2 is 1.08 bits per heavy atom. The molecule has 49 heavy (non-hydrogen) atoms. The van der Waals surface area contributed by atoms with E-state index in [1.54, 1.807) is 0 Å². The van der Waals surface area contributed by atoms with Crippen LogP contribution >= 0.6 is 11.3 Å². The predicted octanol–water partition coefficient (Wildman–Crippen LogP) is 2.10. The van der Waals surface area contributed by atoms with Crippen molar-refractivity contribution in [2.24, 2.45) is 0 Å². The number of nitrogens with zero attached hydrogens (tertiary/aromatic N) is 3. The molecule has 0 unspecified atom stereocenters. The van der Waals surface area contributed by atoms with Gasteiger partial charge in [0.25, 0.3) is 0 Å². The van der Waals surface area contributed by atoms with Crippen LogP contribution in [-0.4, -0.2) is 54.2 Å². The van der Waals surface area contributed by atoms with Crippen LogP contribution < -0.4 is 27.3 Å². The molecule has 9 rings (SSSR count). The molecule has 3 heterocycles. The summed E-state index contributed by atoms with van der Waals surface area (Å²) in [5.41, 5.74) is 13.2. The SMILES string of the molecule is Bc1c(B)c(B)c(-c2nc(-c3ccccc3)nc(-c3ccc4oc5c(-c6cccc7c6sc6ccccc67)cccc5c4c3)n2)c(B)c1B. The van der Waals surface area contributed by atoms with E-state index < -0.39 is 0 Å². The highest BCUT2D eigenvalue weighted by Crippen LogP contribution is 2.43. The monoisotopic (exact) mass is 641 g/mol. The standard InChI is InChI=1S/C39H28B5N3OS/c40-30-29(31(41)33(43)34(44)32(30)42)39-46-37(19-8-2-1-3-9-19)45-38(47-39)20-16-17-27-26(18-20)23-12-6-11-22(35(23)48-27)25-14-7-13-24-21-10-4-5-15-28(21)49-36(24)25/h1-18H,40-44H2. The van der Waals surface area contributed by atoms with Crippen LogP contribution in [0.1, 0.15) is 0 Å². The van der Waals surface area contributed by atoms with Gasteiger partial charge in [-0.2, -0.15) is 0 Å². The van der Waals surface area contributed by atoms with Gasteiger partial charge in [0.05, 0.1) is 0 Å². The molecule has 0 radical (unpaired) electrons. The minimum Gasteiger partial charge on any atom is -0.455 e. The van der Waals surface area contributed by atoms with Crippen LogP contribution in [0.2, 0.25) is 0 Å². The maximum atomic E-state index is 6.66. The van der Waals surface area contributed by atoms with E-state index in [0.717, 1.165) is 44.2 Å². The van der Waals surface area contributed by atoms with Crippen LogP contribution in [0.25, 0.3) is 87.4 Å². The van der Waals surface area contributed by atoms with Crippen molar-refractivity contribution in [3.63, 3.8) is 0 Å². The molecule has 226 valence electrons. The fourth-order valence-corrected chi connectivity index (χ4v) is 8.51. The van der Waals surface area contributed by atoms with Gasteiger partial charge in [-0.1, -0.05) is 95.9 Å². The first kappa shape index (κ1) is 29.8. The van der Waals surface area contributed by atoms with E-state index in [-0.39, 0.29) is 0 Å². The van der Waals surface area contributed by atoms with Crippen LogP contribution in [0.5, 0.6) is 0 Å². The van der Waals surface area contributed by atoms with Gasteiger partial charge < -0.3 is 4.42 Å². The van der Waals surface area contributed by atoms with Gasteiger partial charge in [-0.3, -0.25) is 0 Å². The van der Waals surface area contributed by atoms with Crippen molar-refractivity contribution in [3.8, 4) is 45.3 Å². The van der Waals surface area contributed by atoms with Crippen molar-refractivity contribution in [1.82, 2.24) is 15.0 Å². The molecule has 0 N–H and O–H groups in total. The molecule has 0 spiro atoms. The lowest BCUT2D eigenvalue weighted by Gasteiger charge is -2.20. The molecular formula is C39H28B5N3OS. The van der Waals surface area contributed by atoms with Crippen molar-refractivity contribution in [2.75, 3.05) is 0 Å². The summed E-state index contributed by atoms with van der Waals surface area (Å²) in [5.74, 6) is 1.99. The summed E-state index contributed by atoms with van der Waals surface area (Å²) in [5, 5.41) is 4.67. The third kappa shape index (κ3) is 4.69. The summed E-state index contributed by atoms with van der Waals surface area (Å²) in [6.07, 6.45) is 0. The Morgan fingerprint density at radius 3 is 1.86 bits per heavy atom. The first-order chi connectivity index (χ1) is 23.9. The lowest BCUT2D eigenvalue weighted by atomic mass is 9.60. The molecule has 10 heteroatoms. The van der Waals surface area contributed by atoms with Gasteiger partial charge in [0.2, 0.25) is 0 Å². The summed E-state index contributed by atoms with van der Waals surface area (Å²) in [6, 6.07) is 38.1. The van der Waals surface area contributed by atoms with Crippen LogP contribution in [-0.2, 0) is 0 Å². The van der Waals surface area contributed by atoms with Crippen LogP contribution in [0, 0.1) is 0 Å². The van der Waals surface area contributed by atoms with Crippen molar-refractivity contribution in [1.29, 1.82) is 0 Å². The lowest BCUT2D eigenvalue weighted by molar-refractivity contribution is 0.670. The molecule has 0 saturated heterocycles. The van der Waals surface area contributed by atoms with Crippen molar-refractivity contribution in [2.45, 2.75) is 0 Å². The second-order valence-electron chi connectivity index (χ2n) is 12.9. The zero-order valence-corrected chi connectivity index (χ0v) is 28.9. The molecule has 0 bridgehead atoms. The lowest BCUT2D eigenvalue weighted by Crippen LogP contribution is -2.55.